The predicted molar refractivity (Wildman–Crippen MR) is 113 cm³/mol. The normalized spacial score (nSPS) is 24.0. The summed E-state index contributed by atoms with van der Waals surface area (Å²) in [6.45, 7) is 1.84. The van der Waals surface area contributed by atoms with Gasteiger partial charge in [0.25, 0.3) is 0 Å². The van der Waals surface area contributed by atoms with Crippen molar-refractivity contribution in [3.05, 3.63) is 82.0 Å². The van der Waals surface area contributed by atoms with Crippen LogP contribution in [0.5, 0.6) is 0 Å². The minimum atomic E-state index is -0.586. The van der Waals surface area contributed by atoms with E-state index in [2.05, 4.69) is 0 Å². The Kier molecular flexibility index (Phi) is 5.37. The Morgan fingerprint density at radius 2 is 1.72 bits per heavy atom. The van der Waals surface area contributed by atoms with Gasteiger partial charge in [-0.05, 0) is 42.5 Å². The summed E-state index contributed by atoms with van der Waals surface area (Å²) in [7, 11) is 1.38. The molecule has 4 rings (SSSR count). The molecule has 148 valence electrons. The molecule has 0 fully saturated rings. The number of allylic oxidation sites excluding steroid dienone is 2. The molecule has 0 saturated carbocycles. The van der Waals surface area contributed by atoms with E-state index in [-0.39, 0.29) is 23.6 Å². The van der Waals surface area contributed by atoms with Crippen LogP contribution in [0.4, 0.5) is 0 Å². The predicted octanol–water partition coefficient (Wildman–Crippen LogP) is 5.09. The van der Waals surface area contributed by atoms with Crippen LogP contribution < -0.4 is 0 Å². The van der Waals surface area contributed by atoms with E-state index < -0.39 is 5.92 Å². The maximum Gasteiger partial charge on any atom is 0.315 e. The van der Waals surface area contributed by atoms with Crippen molar-refractivity contribution in [3.63, 3.8) is 0 Å². The number of rotatable bonds is 3. The lowest BCUT2D eigenvalue weighted by molar-refractivity contribution is -0.143. The summed E-state index contributed by atoms with van der Waals surface area (Å²) >= 11 is 6.01. The number of Topliss-reactive ketones (excluding diaryl/α,β-unsaturated/α-hetero) is 1. The van der Waals surface area contributed by atoms with Crippen LogP contribution in [0.15, 0.2) is 70.9 Å². The standard InChI is InChI=1S/C24H22ClNO3/c1-14-21(24(28)29-2)22(16-6-4-3-5-7-16)23-19(26-14)12-17(13-20(23)27)15-8-10-18(25)11-9-15/h3-11,17,21-22H,12-13H2,1-2H3. The summed E-state index contributed by atoms with van der Waals surface area (Å²) in [5.41, 5.74) is 4.14. The third-order valence-corrected chi connectivity index (χ3v) is 6.10. The highest BCUT2D eigenvalue weighted by Crippen LogP contribution is 2.46. The molecule has 3 atom stereocenters. The molecule has 4 nitrogen and oxygen atoms in total. The molecule has 0 bridgehead atoms. The molecular weight excluding hydrogens is 386 g/mol. The van der Waals surface area contributed by atoms with E-state index in [1.165, 1.54) is 7.11 Å². The van der Waals surface area contributed by atoms with Gasteiger partial charge < -0.3 is 4.74 Å². The first kappa shape index (κ1) is 19.6. The second-order valence-electron chi connectivity index (χ2n) is 7.58. The van der Waals surface area contributed by atoms with Crippen LogP contribution in [0.1, 0.15) is 42.7 Å². The Morgan fingerprint density at radius 3 is 2.38 bits per heavy atom. The van der Waals surface area contributed by atoms with Gasteiger partial charge in [-0.3, -0.25) is 14.6 Å². The largest absolute Gasteiger partial charge is 0.468 e. The fourth-order valence-electron chi connectivity index (χ4n) is 4.48. The molecule has 1 aliphatic carbocycles. The van der Waals surface area contributed by atoms with Crippen molar-refractivity contribution in [1.29, 1.82) is 0 Å². The molecule has 29 heavy (non-hydrogen) atoms. The van der Waals surface area contributed by atoms with E-state index >= 15 is 0 Å². The highest BCUT2D eigenvalue weighted by atomic mass is 35.5. The number of carbonyl (C=O) groups excluding carboxylic acids is 2. The fourth-order valence-corrected chi connectivity index (χ4v) is 4.61. The molecule has 0 spiro atoms. The number of methoxy groups -OCH3 is 1. The smallest absolute Gasteiger partial charge is 0.315 e. The Morgan fingerprint density at radius 1 is 1.03 bits per heavy atom. The van der Waals surface area contributed by atoms with Crippen LogP contribution in [0.2, 0.25) is 5.02 Å². The first-order valence-electron chi connectivity index (χ1n) is 9.69. The molecule has 0 radical (unpaired) electrons. The number of hydrogen-bond donors (Lipinski definition) is 0. The van der Waals surface area contributed by atoms with Crippen molar-refractivity contribution in [2.24, 2.45) is 10.9 Å². The highest BCUT2D eigenvalue weighted by molar-refractivity contribution is 6.30. The number of halogens is 1. The maximum atomic E-state index is 13.3. The van der Waals surface area contributed by atoms with E-state index in [0.717, 1.165) is 16.8 Å². The second kappa shape index (κ2) is 7.96. The zero-order chi connectivity index (χ0) is 20.5. The van der Waals surface area contributed by atoms with E-state index in [4.69, 9.17) is 21.3 Å². The van der Waals surface area contributed by atoms with Crippen molar-refractivity contribution in [3.8, 4) is 0 Å². The van der Waals surface area contributed by atoms with Crippen LogP contribution in [-0.4, -0.2) is 24.6 Å². The Labute approximate surface area is 175 Å². The number of ether oxygens (including phenoxy) is 1. The number of esters is 1. The Bertz CT molecular complexity index is 1010. The summed E-state index contributed by atoms with van der Waals surface area (Å²) in [5.74, 6) is -1.21. The van der Waals surface area contributed by atoms with E-state index in [1.54, 1.807) is 0 Å². The van der Waals surface area contributed by atoms with Gasteiger partial charge in [0.15, 0.2) is 5.78 Å². The minimum absolute atomic E-state index is 0.0465. The van der Waals surface area contributed by atoms with E-state index in [9.17, 15) is 9.59 Å². The van der Waals surface area contributed by atoms with E-state index in [0.29, 0.717) is 29.1 Å². The maximum absolute atomic E-state index is 13.3. The van der Waals surface area contributed by atoms with Crippen LogP contribution in [0.3, 0.4) is 0 Å². The van der Waals surface area contributed by atoms with Gasteiger partial charge in [0, 0.05) is 34.3 Å². The lowest BCUT2D eigenvalue weighted by atomic mass is 9.69. The van der Waals surface area contributed by atoms with Crippen molar-refractivity contribution in [2.45, 2.75) is 31.6 Å². The van der Waals surface area contributed by atoms with Gasteiger partial charge in [-0.2, -0.15) is 0 Å². The first-order chi connectivity index (χ1) is 14.0. The van der Waals surface area contributed by atoms with Crippen LogP contribution >= 0.6 is 11.6 Å². The fraction of sp³-hybridized carbons (Fsp3) is 0.292. The zero-order valence-electron chi connectivity index (χ0n) is 16.4. The molecule has 1 aliphatic heterocycles. The topological polar surface area (TPSA) is 55.7 Å². The summed E-state index contributed by atoms with van der Waals surface area (Å²) in [6.07, 6.45) is 1.06. The lowest BCUT2D eigenvalue weighted by Crippen LogP contribution is -2.37. The Balaban J connectivity index is 1.79. The molecule has 0 saturated heterocycles. The molecule has 2 aromatic rings. The number of carbonyl (C=O) groups is 2. The lowest BCUT2D eigenvalue weighted by Gasteiger charge is -2.36. The van der Waals surface area contributed by atoms with Crippen LogP contribution in [-0.2, 0) is 14.3 Å². The molecular formula is C24H22ClNO3. The van der Waals surface area contributed by atoms with Gasteiger partial charge in [-0.25, -0.2) is 0 Å². The third kappa shape index (κ3) is 3.65. The van der Waals surface area contributed by atoms with Gasteiger partial charge in [-0.1, -0.05) is 54.1 Å². The molecule has 0 N–H and O–H groups in total. The van der Waals surface area contributed by atoms with Crippen LogP contribution in [0, 0.1) is 5.92 Å². The summed E-state index contributed by atoms with van der Waals surface area (Å²) in [6, 6.07) is 17.3. The van der Waals surface area contributed by atoms with Gasteiger partial charge in [0.1, 0.15) is 5.92 Å². The van der Waals surface area contributed by atoms with Crippen molar-refractivity contribution in [2.75, 3.05) is 7.11 Å². The molecule has 0 aromatic heterocycles. The third-order valence-electron chi connectivity index (χ3n) is 5.84. The van der Waals surface area contributed by atoms with Gasteiger partial charge in [-0.15, -0.1) is 0 Å². The molecule has 3 unspecified atom stereocenters. The minimum Gasteiger partial charge on any atom is -0.468 e. The second-order valence-corrected chi connectivity index (χ2v) is 8.02. The van der Waals surface area contributed by atoms with Crippen molar-refractivity contribution < 1.29 is 14.3 Å². The zero-order valence-corrected chi connectivity index (χ0v) is 17.1. The molecule has 0 amide bonds. The first-order valence-corrected chi connectivity index (χ1v) is 10.1. The number of nitrogens with zero attached hydrogens (tertiary/aromatic N) is 1. The van der Waals surface area contributed by atoms with Crippen molar-refractivity contribution >= 4 is 29.1 Å². The van der Waals surface area contributed by atoms with Crippen molar-refractivity contribution in [1.82, 2.24) is 0 Å². The summed E-state index contributed by atoms with van der Waals surface area (Å²) in [5, 5.41) is 0.674. The molecule has 2 aliphatic rings. The van der Waals surface area contributed by atoms with Crippen LogP contribution in [0.25, 0.3) is 0 Å². The Hall–Kier alpha value is -2.72. The molecule has 2 aromatic carbocycles. The SMILES string of the molecule is COC(=O)C1C(C)=NC2=C(C(=O)CC(c3ccc(Cl)cc3)C2)C1c1ccccc1. The summed E-state index contributed by atoms with van der Waals surface area (Å²) in [4.78, 5) is 30.7. The average molecular weight is 408 g/mol. The highest BCUT2D eigenvalue weighted by Gasteiger charge is 2.44. The monoisotopic (exact) mass is 407 g/mol. The molecule has 5 heteroatoms. The van der Waals surface area contributed by atoms with E-state index in [1.807, 2.05) is 61.5 Å². The average Bonchev–Trinajstić information content (AvgIpc) is 2.73. The van der Waals surface area contributed by atoms with Gasteiger partial charge in [0.05, 0.1) is 7.11 Å². The number of ketones is 1. The number of benzene rings is 2. The molecule has 1 heterocycles. The van der Waals surface area contributed by atoms with Gasteiger partial charge >= 0.3 is 5.97 Å². The quantitative estimate of drug-likeness (QED) is 0.666. The number of hydrogen-bond acceptors (Lipinski definition) is 4. The van der Waals surface area contributed by atoms with Gasteiger partial charge in [0.2, 0.25) is 0 Å². The number of aliphatic imine (C=N–C) groups is 1. The summed E-state index contributed by atoms with van der Waals surface area (Å²) < 4.78 is 5.06.